The molecule has 3 atom stereocenters. The lowest BCUT2D eigenvalue weighted by Crippen LogP contribution is -2.52. The molecule has 1 heterocycles. The van der Waals surface area contributed by atoms with E-state index in [4.69, 9.17) is 10.8 Å². The molecule has 0 bridgehead atoms. The zero-order valence-corrected chi connectivity index (χ0v) is 10.5. The number of hydrogen-bond donors (Lipinski definition) is 3. The molecule has 7 nitrogen and oxygen atoms in total. The number of carboxylic acids is 1. The summed E-state index contributed by atoms with van der Waals surface area (Å²) in [6, 6.07) is -2.23. The van der Waals surface area contributed by atoms with Crippen LogP contribution in [0, 0.1) is 0 Å². The number of rotatable bonds is 4. The van der Waals surface area contributed by atoms with Crippen molar-refractivity contribution >= 4 is 17.8 Å². The van der Waals surface area contributed by atoms with Gasteiger partial charge in [-0.15, -0.1) is 0 Å². The number of hydrogen-bond acceptors (Lipinski definition) is 4. The molecule has 102 valence electrons. The predicted octanol–water partition coefficient (Wildman–Crippen LogP) is -1.09. The van der Waals surface area contributed by atoms with Gasteiger partial charge in [0.25, 0.3) is 0 Å². The fraction of sp³-hybridized carbons (Fsp3) is 0.727. The minimum atomic E-state index is -1.11. The summed E-state index contributed by atoms with van der Waals surface area (Å²) < 4.78 is 0. The maximum Gasteiger partial charge on any atom is 0.325 e. The summed E-state index contributed by atoms with van der Waals surface area (Å²) in [5.74, 6) is -1.82. The molecular weight excluding hydrogens is 238 g/mol. The van der Waals surface area contributed by atoms with Crippen molar-refractivity contribution in [1.82, 2.24) is 10.2 Å². The second-order valence-electron chi connectivity index (χ2n) is 4.55. The lowest BCUT2D eigenvalue weighted by atomic mass is 10.1. The van der Waals surface area contributed by atoms with Crippen LogP contribution in [0.25, 0.3) is 0 Å². The van der Waals surface area contributed by atoms with Gasteiger partial charge in [0.2, 0.25) is 11.8 Å². The van der Waals surface area contributed by atoms with Crippen LogP contribution in [0.4, 0.5) is 0 Å². The number of nitrogens with zero attached hydrogens (tertiary/aromatic N) is 1. The van der Waals surface area contributed by atoms with Crippen molar-refractivity contribution in [2.24, 2.45) is 5.73 Å². The number of carboxylic acid groups (broad SMARTS) is 1. The Morgan fingerprint density at radius 3 is 2.50 bits per heavy atom. The Balaban J connectivity index is 2.67. The number of carbonyl (C=O) groups excluding carboxylic acids is 2. The molecule has 1 saturated heterocycles. The third-order valence-electron chi connectivity index (χ3n) is 2.96. The predicted molar refractivity (Wildman–Crippen MR) is 63.6 cm³/mol. The zero-order chi connectivity index (χ0) is 13.9. The van der Waals surface area contributed by atoms with E-state index in [1.54, 1.807) is 6.92 Å². The first-order chi connectivity index (χ1) is 8.34. The monoisotopic (exact) mass is 257 g/mol. The molecule has 2 amide bonds. The van der Waals surface area contributed by atoms with Crippen molar-refractivity contribution in [3.8, 4) is 0 Å². The van der Waals surface area contributed by atoms with E-state index in [1.165, 1.54) is 11.8 Å². The number of nitrogens with one attached hydrogen (secondary N) is 1. The van der Waals surface area contributed by atoms with Crippen LogP contribution in [-0.4, -0.2) is 52.5 Å². The van der Waals surface area contributed by atoms with Crippen molar-refractivity contribution in [2.45, 2.75) is 44.8 Å². The van der Waals surface area contributed by atoms with E-state index in [1.807, 2.05) is 0 Å². The molecule has 4 N–H and O–H groups in total. The van der Waals surface area contributed by atoms with Crippen molar-refractivity contribution in [3.05, 3.63) is 0 Å². The highest BCUT2D eigenvalue weighted by Gasteiger charge is 2.35. The summed E-state index contributed by atoms with van der Waals surface area (Å²) >= 11 is 0. The molecule has 18 heavy (non-hydrogen) atoms. The molecule has 0 aromatic heterocycles. The molecule has 0 radical (unpaired) electrons. The second-order valence-corrected chi connectivity index (χ2v) is 4.55. The highest BCUT2D eigenvalue weighted by molar-refractivity contribution is 5.92. The largest absolute Gasteiger partial charge is 0.480 e. The van der Waals surface area contributed by atoms with Gasteiger partial charge in [-0.25, -0.2) is 0 Å². The maximum absolute atomic E-state index is 11.9. The van der Waals surface area contributed by atoms with Crippen LogP contribution < -0.4 is 11.1 Å². The van der Waals surface area contributed by atoms with Crippen LogP contribution in [0.5, 0.6) is 0 Å². The van der Waals surface area contributed by atoms with Crippen molar-refractivity contribution in [2.75, 3.05) is 6.54 Å². The van der Waals surface area contributed by atoms with Gasteiger partial charge >= 0.3 is 5.97 Å². The lowest BCUT2D eigenvalue weighted by Gasteiger charge is -2.26. The molecule has 0 saturated carbocycles. The minimum Gasteiger partial charge on any atom is -0.480 e. The number of amides is 2. The molecule has 0 aromatic carbocycles. The Labute approximate surface area is 105 Å². The summed E-state index contributed by atoms with van der Waals surface area (Å²) in [6.07, 6.45) is 1.26. The standard InChI is InChI=1S/C11H19N3O4/c1-6(12)10(16)14-5-3-4-8(14)9(15)13-7(2)11(17)18/h6-8H,3-5,12H2,1-2H3,(H,13,15)(H,17,18). The Morgan fingerprint density at radius 2 is 2.00 bits per heavy atom. The molecule has 0 aliphatic carbocycles. The van der Waals surface area contributed by atoms with Gasteiger partial charge in [-0.2, -0.15) is 0 Å². The van der Waals surface area contributed by atoms with Crippen molar-refractivity contribution in [3.63, 3.8) is 0 Å². The van der Waals surface area contributed by atoms with Crippen LogP contribution in [-0.2, 0) is 14.4 Å². The van der Waals surface area contributed by atoms with Crippen molar-refractivity contribution < 1.29 is 19.5 Å². The van der Waals surface area contributed by atoms with E-state index >= 15 is 0 Å². The summed E-state index contributed by atoms with van der Waals surface area (Å²) in [5, 5.41) is 11.1. The van der Waals surface area contributed by atoms with Gasteiger partial charge < -0.3 is 21.1 Å². The van der Waals surface area contributed by atoms with Crippen LogP contribution in [0.3, 0.4) is 0 Å². The number of likely N-dealkylation sites (tertiary alicyclic amines) is 1. The van der Waals surface area contributed by atoms with E-state index in [2.05, 4.69) is 5.32 Å². The molecule has 7 heteroatoms. The number of aliphatic carboxylic acids is 1. The summed E-state index contributed by atoms with van der Waals surface area (Å²) in [7, 11) is 0. The third-order valence-corrected chi connectivity index (χ3v) is 2.96. The Kier molecular flexibility index (Phi) is 4.66. The van der Waals surface area contributed by atoms with Crippen LogP contribution >= 0.6 is 0 Å². The van der Waals surface area contributed by atoms with E-state index < -0.39 is 30.0 Å². The molecule has 0 spiro atoms. The minimum absolute atomic E-state index is 0.282. The van der Waals surface area contributed by atoms with E-state index in [9.17, 15) is 14.4 Å². The zero-order valence-electron chi connectivity index (χ0n) is 10.5. The average molecular weight is 257 g/mol. The topological polar surface area (TPSA) is 113 Å². The van der Waals surface area contributed by atoms with Crippen molar-refractivity contribution in [1.29, 1.82) is 0 Å². The highest BCUT2D eigenvalue weighted by Crippen LogP contribution is 2.18. The van der Waals surface area contributed by atoms with E-state index in [-0.39, 0.29) is 5.91 Å². The first-order valence-corrected chi connectivity index (χ1v) is 5.93. The van der Waals surface area contributed by atoms with Crippen LogP contribution in [0.1, 0.15) is 26.7 Å². The van der Waals surface area contributed by atoms with Gasteiger partial charge in [-0.3, -0.25) is 14.4 Å². The van der Waals surface area contributed by atoms with Gasteiger partial charge in [0, 0.05) is 6.54 Å². The molecular formula is C11H19N3O4. The molecule has 1 rings (SSSR count). The average Bonchev–Trinajstić information content (AvgIpc) is 2.76. The third kappa shape index (κ3) is 3.19. The van der Waals surface area contributed by atoms with E-state index in [0.717, 1.165) is 6.42 Å². The quantitative estimate of drug-likeness (QED) is 0.592. The summed E-state index contributed by atoms with van der Waals surface area (Å²) in [4.78, 5) is 35.8. The van der Waals surface area contributed by atoms with Gasteiger partial charge in [0.1, 0.15) is 12.1 Å². The van der Waals surface area contributed by atoms with Gasteiger partial charge in [-0.05, 0) is 26.7 Å². The molecule has 0 aromatic rings. The Morgan fingerprint density at radius 1 is 1.39 bits per heavy atom. The molecule has 1 aliphatic rings. The fourth-order valence-electron chi connectivity index (χ4n) is 1.94. The molecule has 1 aliphatic heterocycles. The lowest BCUT2D eigenvalue weighted by molar-refractivity contribution is -0.143. The first-order valence-electron chi connectivity index (χ1n) is 5.93. The van der Waals surface area contributed by atoms with Gasteiger partial charge in [-0.1, -0.05) is 0 Å². The fourth-order valence-corrected chi connectivity index (χ4v) is 1.94. The van der Waals surface area contributed by atoms with Crippen LogP contribution in [0.2, 0.25) is 0 Å². The smallest absolute Gasteiger partial charge is 0.325 e. The maximum atomic E-state index is 11.9. The second kappa shape index (κ2) is 5.81. The number of carbonyl (C=O) groups is 3. The van der Waals surface area contributed by atoms with Crippen LogP contribution in [0.15, 0.2) is 0 Å². The molecule has 1 fully saturated rings. The first kappa shape index (κ1) is 14.4. The van der Waals surface area contributed by atoms with E-state index in [0.29, 0.717) is 13.0 Å². The van der Waals surface area contributed by atoms with Gasteiger partial charge in [0.05, 0.1) is 6.04 Å². The summed E-state index contributed by atoms with van der Waals surface area (Å²) in [6.45, 7) is 3.43. The van der Waals surface area contributed by atoms with Gasteiger partial charge in [0.15, 0.2) is 0 Å². The Hall–Kier alpha value is -1.63. The number of nitrogens with two attached hydrogens (primary N) is 1. The SMILES string of the molecule is CC(N)C(=O)N1CCCC1C(=O)NC(C)C(=O)O. The normalized spacial score (nSPS) is 22.4. The molecule has 3 unspecified atom stereocenters. The Bertz CT molecular complexity index is 356. The highest BCUT2D eigenvalue weighted by atomic mass is 16.4. The summed E-state index contributed by atoms with van der Waals surface area (Å²) in [5.41, 5.74) is 5.51.